The fraction of sp³-hybridized carbons (Fsp3) is 0.474. The van der Waals surface area contributed by atoms with Crippen LogP contribution in [0.5, 0.6) is 0 Å². The number of hydrogen-bond donors (Lipinski definition) is 1. The van der Waals surface area contributed by atoms with Gasteiger partial charge in [-0.25, -0.2) is 0 Å². The highest BCUT2D eigenvalue weighted by molar-refractivity contribution is 6.31. The van der Waals surface area contributed by atoms with E-state index in [-0.39, 0.29) is 6.04 Å². The summed E-state index contributed by atoms with van der Waals surface area (Å²) in [5, 5.41) is 3.36. The van der Waals surface area contributed by atoms with Crippen molar-refractivity contribution in [2.24, 2.45) is 5.73 Å². The van der Waals surface area contributed by atoms with Gasteiger partial charge < -0.3 is 5.73 Å². The van der Waals surface area contributed by atoms with Gasteiger partial charge >= 0.3 is 0 Å². The summed E-state index contributed by atoms with van der Waals surface area (Å²) < 4.78 is 0. The maximum absolute atomic E-state index is 6.67. The van der Waals surface area contributed by atoms with Gasteiger partial charge in [-0.15, -0.1) is 0 Å². The van der Waals surface area contributed by atoms with Crippen molar-refractivity contribution in [3.8, 4) is 0 Å². The lowest BCUT2D eigenvalue weighted by molar-refractivity contribution is 0.167. The second-order valence-electron chi connectivity index (χ2n) is 6.34. The lowest BCUT2D eigenvalue weighted by atomic mass is 9.81. The molecule has 2 unspecified atom stereocenters. The van der Waals surface area contributed by atoms with Crippen LogP contribution in [0.2, 0.25) is 5.02 Å². The summed E-state index contributed by atoms with van der Waals surface area (Å²) in [6, 6.07) is 11.1. The van der Waals surface area contributed by atoms with Gasteiger partial charge in [-0.2, -0.15) is 0 Å². The molecule has 2 aromatic rings. The van der Waals surface area contributed by atoms with E-state index in [9.17, 15) is 0 Å². The molecule has 2 atom stereocenters. The molecule has 2 nitrogen and oxygen atoms in total. The number of benzene rings is 2. The van der Waals surface area contributed by atoms with Crippen molar-refractivity contribution in [2.45, 2.75) is 45.2 Å². The molecule has 0 saturated carbocycles. The molecule has 2 N–H and O–H groups in total. The Bertz CT molecular complexity index is 662. The van der Waals surface area contributed by atoms with Crippen LogP contribution in [-0.4, -0.2) is 24.0 Å². The Morgan fingerprint density at radius 1 is 1.18 bits per heavy atom. The molecule has 0 aliphatic heterocycles. The first-order chi connectivity index (χ1) is 10.7. The van der Waals surface area contributed by atoms with Gasteiger partial charge in [0.15, 0.2) is 0 Å². The van der Waals surface area contributed by atoms with Crippen molar-refractivity contribution in [1.29, 1.82) is 0 Å². The van der Waals surface area contributed by atoms with E-state index in [4.69, 9.17) is 17.3 Å². The van der Waals surface area contributed by atoms with Crippen molar-refractivity contribution in [3.63, 3.8) is 0 Å². The van der Waals surface area contributed by atoms with Gasteiger partial charge in [-0.1, -0.05) is 43.6 Å². The molecule has 3 heteroatoms. The van der Waals surface area contributed by atoms with E-state index >= 15 is 0 Å². The van der Waals surface area contributed by atoms with Crippen LogP contribution in [0.3, 0.4) is 0 Å². The summed E-state index contributed by atoms with van der Waals surface area (Å²) in [7, 11) is 0. The minimum absolute atomic E-state index is 0.0791. The van der Waals surface area contributed by atoms with Crippen molar-refractivity contribution in [3.05, 3.63) is 46.5 Å². The number of halogens is 1. The van der Waals surface area contributed by atoms with Crippen LogP contribution in [0.1, 0.15) is 43.9 Å². The molecule has 0 fully saturated rings. The fourth-order valence-corrected chi connectivity index (χ4v) is 4.13. The lowest BCUT2D eigenvalue weighted by Crippen LogP contribution is -2.46. The van der Waals surface area contributed by atoms with E-state index < -0.39 is 0 Å². The molecule has 0 spiro atoms. The quantitative estimate of drug-likeness (QED) is 0.877. The first-order valence-corrected chi connectivity index (χ1v) is 8.74. The maximum atomic E-state index is 6.67. The molecule has 118 valence electrons. The van der Waals surface area contributed by atoms with E-state index in [1.807, 2.05) is 6.07 Å². The molecule has 1 aliphatic rings. The molecule has 0 saturated heterocycles. The van der Waals surface area contributed by atoms with Crippen molar-refractivity contribution in [2.75, 3.05) is 13.1 Å². The number of hydrogen-bond acceptors (Lipinski definition) is 2. The summed E-state index contributed by atoms with van der Waals surface area (Å²) in [5.74, 6) is 0. The normalized spacial score (nSPS) is 20.8. The average Bonchev–Trinajstić information content (AvgIpc) is 2.50. The predicted octanol–water partition coefficient (Wildman–Crippen LogP) is 4.54. The van der Waals surface area contributed by atoms with E-state index in [0.29, 0.717) is 6.04 Å². The topological polar surface area (TPSA) is 29.3 Å². The van der Waals surface area contributed by atoms with Crippen LogP contribution >= 0.6 is 11.6 Å². The molecule has 1 aliphatic carbocycles. The van der Waals surface area contributed by atoms with Gasteiger partial charge in [0.05, 0.1) is 0 Å². The van der Waals surface area contributed by atoms with E-state index in [1.165, 1.54) is 21.9 Å². The fourth-order valence-electron chi connectivity index (χ4n) is 3.88. The third kappa shape index (κ3) is 2.76. The second kappa shape index (κ2) is 6.57. The van der Waals surface area contributed by atoms with Gasteiger partial charge in [0.25, 0.3) is 0 Å². The zero-order chi connectivity index (χ0) is 15.7. The minimum Gasteiger partial charge on any atom is -0.323 e. The largest absolute Gasteiger partial charge is 0.323 e. The minimum atomic E-state index is 0.0791. The number of rotatable bonds is 5. The van der Waals surface area contributed by atoms with E-state index in [1.54, 1.807) is 0 Å². The third-order valence-corrected chi connectivity index (χ3v) is 4.97. The third-order valence-electron chi connectivity index (χ3n) is 4.75. The summed E-state index contributed by atoms with van der Waals surface area (Å²) in [4.78, 5) is 2.56. The van der Waals surface area contributed by atoms with Crippen LogP contribution in [-0.2, 0) is 6.42 Å². The van der Waals surface area contributed by atoms with Crippen LogP contribution in [0.25, 0.3) is 10.8 Å². The summed E-state index contributed by atoms with van der Waals surface area (Å²) >= 11 is 6.32. The Hall–Kier alpha value is -1.09. The highest BCUT2D eigenvalue weighted by Gasteiger charge is 2.31. The highest BCUT2D eigenvalue weighted by atomic mass is 35.5. The van der Waals surface area contributed by atoms with E-state index in [0.717, 1.165) is 37.4 Å². The van der Waals surface area contributed by atoms with Crippen LogP contribution in [0.4, 0.5) is 0 Å². The molecule has 22 heavy (non-hydrogen) atoms. The average molecular weight is 317 g/mol. The van der Waals surface area contributed by atoms with Crippen LogP contribution in [0, 0.1) is 0 Å². The molecule has 0 radical (unpaired) electrons. The molecule has 0 bridgehead atoms. The molecular weight excluding hydrogens is 292 g/mol. The Labute approximate surface area is 138 Å². The first-order valence-electron chi connectivity index (χ1n) is 8.36. The van der Waals surface area contributed by atoms with Crippen molar-refractivity contribution in [1.82, 2.24) is 4.90 Å². The molecule has 0 amide bonds. The summed E-state index contributed by atoms with van der Waals surface area (Å²) in [6.45, 7) is 6.70. The lowest BCUT2D eigenvalue weighted by Gasteiger charge is -2.39. The summed E-state index contributed by atoms with van der Waals surface area (Å²) in [6.07, 6.45) is 3.32. The number of nitrogens with zero attached hydrogens (tertiary/aromatic N) is 1. The highest BCUT2D eigenvalue weighted by Crippen LogP contribution is 2.38. The Balaban J connectivity index is 2.06. The Morgan fingerprint density at radius 2 is 1.91 bits per heavy atom. The van der Waals surface area contributed by atoms with Crippen molar-refractivity contribution >= 4 is 22.4 Å². The monoisotopic (exact) mass is 316 g/mol. The molecule has 0 aromatic heterocycles. The predicted molar refractivity (Wildman–Crippen MR) is 95.5 cm³/mol. The maximum Gasteiger partial charge on any atom is 0.0462 e. The smallest absolute Gasteiger partial charge is 0.0462 e. The van der Waals surface area contributed by atoms with Gasteiger partial charge in [0, 0.05) is 17.1 Å². The zero-order valence-electron chi connectivity index (χ0n) is 13.5. The standard InChI is InChI=1S/C19H25ClN2/c1-3-8-22(9-4-2)17-12-14-11-15(20)10-13-6-5-7-16(18(13)14)19(17)21/h5-7,10-11,17,19H,3-4,8-9,12,21H2,1-2H3. The Kier molecular flexibility index (Phi) is 4.72. The van der Waals surface area contributed by atoms with Crippen molar-refractivity contribution < 1.29 is 0 Å². The van der Waals surface area contributed by atoms with Gasteiger partial charge in [0.1, 0.15) is 0 Å². The Morgan fingerprint density at radius 3 is 2.59 bits per heavy atom. The molecule has 2 aromatic carbocycles. The van der Waals surface area contributed by atoms with Gasteiger partial charge in [-0.05, 0) is 66.4 Å². The zero-order valence-corrected chi connectivity index (χ0v) is 14.2. The van der Waals surface area contributed by atoms with Crippen LogP contribution < -0.4 is 5.73 Å². The van der Waals surface area contributed by atoms with Gasteiger partial charge in [-0.3, -0.25) is 4.90 Å². The number of nitrogens with two attached hydrogens (primary N) is 1. The first kappa shape index (κ1) is 15.8. The SMILES string of the molecule is CCCN(CCC)C1Cc2cc(Cl)cc3cccc(c23)C1N. The summed E-state index contributed by atoms with van der Waals surface area (Å²) in [5.41, 5.74) is 9.30. The van der Waals surface area contributed by atoms with E-state index in [2.05, 4.69) is 43.0 Å². The molecule has 3 rings (SSSR count). The van der Waals surface area contributed by atoms with Crippen LogP contribution in [0.15, 0.2) is 30.3 Å². The molecule has 0 heterocycles. The molecular formula is C19H25ClN2. The van der Waals surface area contributed by atoms with Gasteiger partial charge in [0.2, 0.25) is 0 Å². The second-order valence-corrected chi connectivity index (χ2v) is 6.78.